The SMILES string of the molecule is NC1CN(c2c(F)cc3c(=O)c(C(=O)O)cn(C4CC4)c3c2Cl)C2CCC12. The molecule has 2 heterocycles. The van der Waals surface area contributed by atoms with E-state index in [-0.39, 0.29) is 39.8 Å². The number of aromatic carboxylic acids is 1. The third-order valence-corrected chi connectivity index (χ3v) is 6.65. The Labute approximate surface area is 159 Å². The van der Waals surface area contributed by atoms with Crippen molar-refractivity contribution in [3.05, 3.63) is 38.9 Å². The van der Waals surface area contributed by atoms with Crippen LogP contribution in [0.25, 0.3) is 10.9 Å². The zero-order chi connectivity index (χ0) is 19.0. The first-order valence-electron chi connectivity index (χ1n) is 9.21. The summed E-state index contributed by atoms with van der Waals surface area (Å²) in [5, 5.41) is 9.54. The third kappa shape index (κ3) is 2.34. The fraction of sp³-hybridized carbons (Fsp3) is 0.474. The molecule has 0 amide bonds. The van der Waals surface area contributed by atoms with Crippen molar-refractivity contribution in [1.82, 2.24) is 4.57 Å². The molecule has 2 saturated carbocycles. The van der Waals surface area contributed by atoms with E-state index in [1.54, 1.807) is 4.57 Å². The van der Waals surface area contributed by atoms with Crippen molar-refractivity contribution in [3.8, 4) is 0 Å². The van der Waals surface area contributed by atoms with Gasteiger partial charge in [0, 0.05) is 30.9 Å². The maximum absolute atomic E-state index is 15.1. The highest BCUT2D eigenvalue weighted by atomic mass is 35.5. The number of carboxylic acids is 1. The van der Waals surface area contributed by atoms with Gasteiger partial charge < -0.3 is 20.3 Å². The lowest BCUT2D eigenvalue weighted by Gasteiger charge is -2.38. The molecule has 1 aromatic carbocycles. The molecule has 3 fully saturated rings. The number of halogens is 2. The molecule has 3 atom stereocenters. The highest BCUT2D eigenvalue weighted by Gasteiger charge is 2.47. The normalized spacial score (nSPS) is 26.9. The molecular formula is C19H19ClFN3O3. The second-order valence-corrected chi connectivity index (χ2v) is 8.24. The predicted molar refractivity (Wildman–Crippen MR) is 100 cm³/mol. The van der Waals surface area contributed by atoms with Gasteiger partial charge in [0.2, 0.25) is 5.43 Å². The van der Waals surface area contributed by atoms with Crippen LogP contribution >= 0.6 is 11.6 Å². The largest absolute Gasteiger partial charge is 0.477 e. The van der Waals surface area contributed by atoms with Crippen LogP contribution in [0.5, 0.6) is 0 Å². The number of carboxylic acid groups (broad SMARTS) is 1. The summed E-state index contributed by atoms with van der Waals surface area (Å²) in [5.41, 5.74) is 5.83. The highest BCUT2D eigenvalue weighted by Crippen LogP contribution is 2.47. The van der Waals surface area contributed by atoms with E-state index in [4.69, 9.17) is 17.3 Å². The quantitative estimate of drug-likeness (QED) is 0.839. The summed E-state index contributed by atoms with van der Waals surface area (Å²) in [5.74, 6) is -1.58. The van der Waals surface area contributed by atoms with Crippen molar-refractivity contribution >= 4 is 34.2 Å². The third-order valence-electron chi connectivity index (χ3n) is 6.29. The molecule has 2 aromatic rings. The molecule has 142 valence electrons. The lowest BCUT2D eigenvalue weighted by molar-refractivity contribution is 0.0695. The number of benzene rings is 1. The second-order valence-electron chi connectivity index (χ2n) is 7.86. The molecule has 8 heteroatoms. The number of nitrogens with zero attached hydrogens (tertiary/aromatic N) is 2. The number of nitrogens with two attached hydrogens (primary N) is 1. The Hall–Kier alpha value is -2.12. The second kappa shape index (κ2) is 5.69. The van der Waals surface area contributed by atoms with Gasteiger partial charge in [-0.1, -0.05) is 11.6 Å². The monoisotopic (exact) mass is 391 g/mol. The highest BCUT2D eigenvalue weighted by molar-refractivity contribution is 6.38. The van der Waals surface area contributed by atoms with Crippen LogP contribution in [0.4, 0.5) is 10.1 Å². The summed E-state index contributed by atoms with van der Waals surface area (Å²) in [6.45, 7) is 0.526. The minimum atomic E-state index is -1.32. The molecular weight excluding hydrogens is 373 g/mol. The fourth-order valence-corrected chi connectivity index (χ4v) is 5.04. The van der Waals surface area contributed by atoms with E-state index in [1.165, 1.54) is 6.20 Å². The van der Waals surface area contributed by atoms with E-state index < -0.39 is 17.2 Å². The number of rotatable bonds is 3. The first kappa shape index (κ1) is 17.0. The van der Waals surface area contributed by atoms with E-state index in [0.717, 1.165) is 31.7 Å². The molecule has 2 aliphatic carbocycles. The van der Waals surface area contributed by atoms with Gasteiger partial charge in [0.25, 0.3) is 0 Å². The molecule has 27 heavy (non-hydrogen) atoms. The Balaban J connectivity index is 1.78. The van der Waals surface area contributed by atoms with Crippen molar-refractivity contribution in [2.75, 3.05) is 11.4 Å². The van der Waals surface area contributed by atoms with Crippen LogP contribution in [0.3, 0.4) is 0 Å². The van der Waals surface area contributed by atoms with Crippen LogP contribution in [-0.4, -0.2) is 34.3 Å². The molecule has 0 radical (unpaired) electrons. The number of aromatic nitrogens is 1. The maximum atomic E-state index is 15.1. The van der Waals surface area contributed by atoms with Gasteiger partial charge in [0.1, 0.15) is 11.4 Å². The Bertz CT molecular complexity index is 1050. The number of anilines is 1. The van der Waals surface area contributed by atoms with Gasteiger partial charge >= 0.3 is 5.97 Å². The maximum Gasteiger partial charge on any atom is 0.341 e. The molecule has 3 N–H and O–H groups in total. The summed E-state index contributed by atoms with van der Waals surface area (Å²) in [4.78, 5) is 26.0. The molecule has 1 saturated heterocycles. The Kier molecular flexibility index (Phi) is 3.58. The van der Waals surface area contributed by atoms with Gasteiger partial charge in [-0.2, -0.15) is 0 Å². The van der Waals surface area contributed by atoms with Gasteiger partial charge in [0.15, 0.2) is 0 Å². The smallest absolute Gasteiger partial charge is 0.341 e. The minimum Gasteiger partial charge on any atom is -0.477 e. The molecule has 3 unspecified atom stereocenters. The summed E-state index contributed by atoms with van der Waals surface area (Å²) in [7, 11) is 0. The van der Waals surface area contributed by atoms with E-state index in [2.05, 4.69) is 0 Å². The van der Waals surface area contributed by atoms with E-state index in [9.17, 15) is 14.7 Å². The standard InChI is InChI=1S/C19H19ClFN3O3/c20-15-16-10(18(25)11(19(26)27)6-23(16)8-1-2-8)5-12(21)17(15)24-7-13(22)9-3-4-14(9)24/h5-6,8-9,13-14H,1-4,7,22H2,(H,26,27). The summed E-state index contributed by atoms with van der Waals surface area (Å²) in [6, 6.07) is 1.37. The number of carbonyl (C=O) groups is 1. The van der Waals surface area contributed by atoms with Gasteiger partial charge in [0.05, 0.1) is 21.6 Å². The van der Waals surface area contributed by atoms with Crippen LogP contribution in [0.1, 0.15) is 42.1 Å². The van der Waals surface area contributed by atoms with E-state index in [0.29, 0.717) is 18.0 Å². The van der Waals surface area contributed by atoms with Crippen LogP contribution in [-0.2, 0) is 0 Å². The molecule has 1 aliphatic heterocycles. The zero-order valence-corrected chi connectivity index (χ0v) is 15.2. The Morgan fingerprint density at radius 3 is 2.59 bits per heavy atom. The predicted octanol–water partition coefficient (Wildman–Crippen LogP) is 2.75. The minimum absolute atomic E-state index is 0.0155. The van der Waals surface area contributed by atoms with Gasteiger partial charge in [-0.05, 0) is 37.7 Å². The van der Waals surface area contributed by atoms with Crippen molar-refractivity contribution in [2.45, 2.75) is 43.8 Å². The average Bonchev–Trinajstić information content (AvgIpc) is 3.35. The Morgan fingerprint density at radius 2 is 2.04 bits per heavy atom. The average molecular weight is 392 g/mol. The van der Waals surface area contributed by atoms with E-state index >= 15 is 4.39 Å². The topological polar surface area (TPSA) is 88.6 Å². The number of hydrogen-bond acceptors (Lipinski definition) is 4. The van der Waals surface area contributed by atoms with Gasteiger partial charge in [-0.15, -0.1) is 0 Å². The first-order valence-corrected chi connectivity index (χ1v) is 9.58. The van der Waals surface area contributed by atoms with Crippen molar-refractivity contribution < 1.29 is 14.3 Å². The summed E-state index contributed by atoms with van der Waals surface area (Å²) in [6.07, 6.45) is 5.07. The van der Waals surface area contributed by atoms with Crippen LogP contribution in [0.15, 0.2) is 17.1 Å². The van der Waals surface area contributed by atoms with Crippen molar-refractivity contribution in [2.24, 2.45) is 11.7 Å². The van der Waals surface area contributed by atoms with E-state index in [1.807, 2.05) is 4.90 Å². The summed E-state index contributed by atoms with van der Waals surface area (Å²) < 4.78 is 16.8. The zero-order valence-electron chi connectivity index (χ0n) is 14.5. The molecule has 1 aromatic heterocycles. The first-order chi connectivity index (χ1) is 12.9. The fourth-order valence-electron chi connectivity index (χ4n) is 4.64. The lowest BCUT2D eigenvalue weighted by atomic mass is 9.78. The molecule has 6 nitrogen and oxygen atoms in total. The van der Waals surface area contributed by atoms with Gasteiger partial charge in [-0.25, -0.2) is 9.18 Å². The lowest BCUT2D eigenvalue weighted by Crippen LogP contribution is -2.42. The number of fused-ring (bicyclic) bond motifs is 2. The molecule has 3 aliphatic rings. The number of pyridine rings is 1. The van der Waals surface area contributed by atoms with Gasteiger partial charge in [-0.3, -0.25) is 4.79 Å². The molecule has 0 spiro atoms. The van der Waals surface area contributed by atoms with Crippen LogP contribution < -0.4 is 16.1 Å². The van der Waals surface area contributed by atoms with Crippen LogP contribution in [0, 0.1) is 11.7 Å². The molecule has 5 rings (SSSR count). The number of hydrogen-bond donors (Lipinski definition) is 2. The summed E-state index contributed by atoms with van der Waals surface area (Å²) >= 11 is 6.66. The van der Waals surface area contributed by atoms with Crippen LogP contribution in [0.2, 0.25) is 5.02 Å². The van der Waals surface area contributed by atoms with Crippen molar-refractivity contribution in [1.29, 1.82) is 0 Å². The van der Waals surface area contributed by atoms with Crippen molar-refractivity contribution in [3.63, 3.8) is 0 Å². The Morgan fingerprint density at radius 1 is 1.30 bits per heavy atom. The molecule has 0 bridgehead atoms.